The predicted molar refractivity (Wildman–Crippen MR) is 105 cm³/mol. The zero-order valence-electron chi connectivity index (χ0n) is 13.2. The van der Waals surface area contributed by atoms with Gasteiger partial charge in [-0.25, -0.2) is 0 Å². The number of hydrogen-bond donors (Lipinski definition) is 1. The molecule has 0 unspecified atom stereocenters. The second-order valence-electron chi connectivity index (χ2n) is 5.35. The predicted octanol–water partition coefficient (Wildman–Crippen LogP) is 5.79. The summed E-state index contributed by atoms with van der Waals surface area (Å²) in [5.41, 5.74) is 2.79. The Bertz CT molecular complexity index is 867. The summed E-state index contributed by atoms with van der Waals surface area (Å²) >= 11 is 9.41. The Morgan fingerprint density at radius 3 is 2.32 bits per heavy atom. The normalized spacial score (nSPS) is 10.3. The van der Waals surface area contributed by atoms with E-state index in [0.717, 1.165) is 15.6 Å². The number of carbonyl (C=O) groups excluding carboxylic acids is 1. The summed E-state index contributed by atoms with van der Waals surface area (Å²) < 4.78 is 6.38. The lowest BCUT2D eigenvalue weighted by molar-refractivity contribution is -0.118. The number of carbonyl (C=O) groups is 1. The smallest absolute Gasteiger partial charge is 0.262 e. The van der Waals surface area contributed by atoms with Gasteiger partial charge >= 0.3 is 0 Å². The third kappa shape index (κ3) is 4.84. The largest absolute Gasteiger partial charge is 0.484 e. The molecule has 0 saturated carbocycles. The molecule has 0 saturated heterocycles. The van der Waals surface area contributed by atoms with E-state index in [1.54, 1.807) is 12.1 Å². The van der Waals surface area contributed by atoms with E-state index in [4.69, 9.17) is 16.3 Å². The summed E-state index contributed by atoms with van der Waals surface area (Å²) in [6, 6.07) is 23.0. The van der Waals surface area contributed by atoms with Crippen LogP contribution in [0, 0.1) is 0 Å². The molecule has 0 bridgehead atoms. The van der Waals surface area contributed by atoms with Crippen molar-refractivity contribution in [1.82, 2.24) is 0 Å². The Morgan fingerprint density at radius 2 is 1.64 bits per heavy atom. The van der Waals surface area contributed by atoms with Crippen LogP contribution >= 0.6 is 27.5 Å². The number of nitrogens with one attached hydrogen (secondary N) is 1. The van der Waals surface area contributed by atoms with Gasteiger partial charge in [-0.15, -0.1) is 0 Å². The Hall–Kier alpha value is -2.30. The molecular formula is C20H15BrClNO2. The second kappa shape index (κ2) is 8.19. The van der Waals surface area contributed by atoms with E-state index in [1.807, 2.05) is 60.7 Å². The average Bonchev–Trinajstić information content (AvgIpc) is 2.63. The zero-order chi connectivity index (χ0) is 17.6. The number of halogens is 2. The number of anilines is 1. The highest BCUT2D eigenvalue weighted by molar-refractivity contribution is 9.10. The van der Waals surface area contributed by atoms with Crippen LogP contribution in [0.3, 0.4) is 0 Å². The fourth-order valence-electron chi connectivity index (χ4n) is 2.30. The van der Waals surface area contributed by atoms with Gasteiger partial charge in [0.1, 0.15) is 5.75 Å². The first-order chi connectivity index (χ1) is 12.1. The number of benzene rings is 3. The van der Waals surface area contributed by atoms with Gasteiger partial charge in [-0.05, 0) is 41.5 Å². The molecule has 25 heavy (non-hydrogen) atoms. The van der Waals surface area contributed by atoms with Crippen molar-refractivity contribution in [2.45, 2.75) is 0 Å². The fourth-order valence-corrected chi connectivity index (χ4v) is 3.02. The Morgan fingerprint density at radius 1 is 0.960 bits per heavy atom. The molecule has 0 fully saturated rings. The first-order valence-electron chi connectivity index (χ1n) is 7.65. The van der Waals surface area contributed by atoms with E-state index in [1.165, 1.54) is 0 Å². The summed E-state index contributed by atoms with van der Waals surface area (Å²) in [5.74, 6) is 0.369. The molecule has 0 radical (unpaired) electrons. The molecule has 0 heterocycles. The topological polar surface area (TPSA) is 38.3 Å². The minimum absolute atomic E-state index is 0.0862. The average molecular weight is 417 g/mol. The molecule has 1 amide bonds. The van der Waals surface area contributed by atoms with Crippen LogP contribution in [0.5, 0.6) is 5.75 Å². The first kappa shape index (κ1) is 17.5. The van der Waals surface area contributed by atoms with Crippen LogP contribution in [0.15, 0.2) is 77.3 Å². The van der Waals surface area contributed by atoms with Crippen molar-refractivity contribution < 1.29 is 9.53 Å². The summed E-state index contributed by atoms with van der Waals surface area (Å²) in [6.07, 6.45) is 0. The summed E-state index contributed by atoms with van der Waals surface area (Å²) in [5, 5.41) is 3.20. The monoisotopic (exact) mass is 415 g/mol. The summed E-state index contributed by atoms with van der Waals surface area (Å²) in [6.45, 7) is -0.0862. The highest BCUT2D eigenvalue weighted by Crippen LogP contribution is 2.26. The number of rotatable bonds is 5. The third-order valence-electron chi connectivity index (χ3n) is 3.54. The third-order valence-corrected chi connectivity index (χ3v) is 4.34. The standard InChI is InChI=1S/C20H15BrClNO2/c21-16-8-11-19(18(22)12-16)23-20(24)13-25-17-9-6-15(7-10-17)14-4-2-1-3-5-14/h1-12H,13H2,(H,23,24). The Balaban J connectivity index is 1.57. The number of amides is 1. The molecule has 3 rings (SSSR count). The summed E-state index contributed by atoms with van der Waals surface area (Å²) in [4.78, 5) is 12.0. The molecule has 0 aliphatic heterocycles. The molecule has 3 aromatic carbocycles. The molecular weight excluding hydrogens is 402 g/mol. The lowest BCUT2D eigenvalue weighted by Crippen LogP contribution is -2.20. The Kier molecular flexibility index (Phi) is 5.74. The molecule has 3 aromatic rings. The maximum atomic E-state index is 12.0. The second-order valence-corrected chi connectivity index (χ2v) is 6.67. The van der Waals surface area contributed by atoms with E-state index in [-0.39, 0.29) is 12.5 Å². The highest BCUT2D eigenvalue weighted by atomic mass is 79.9. The molecule has 0 aromatic heterocycles. The molecule has 0 aliphatic carbocycles. The molecule has 0 aliphatic rings. The quantitative estimate of drug-likeness (QED) is 0.572. The van der Waals surface area contributed by atoms with Crippen molar-refractivity contribution in [3.05, 3.63) is 82.3 Å². The van der Waals surface area contributed by atoms with Gasteiger partial charge in [0.05, 0.1) is 10.7 Å². The van der Waals surface area contributed by atoms with Crippen LogP contribution < -0.4 is 10.1 Å². The van der Waals surface area contributed by atoms with Crippen LogP contribution in [0.4, 0.5) is 5.69 Å². The zero-order valence-corrected chi connectivity index (χ0v) is 15.5. The number of ether oxygens (including phenoxy) is 1. The van der Waals surface area contributed by atoms with Crippen molar-refractivity contribution >= 4 is 39.1 Å². The van der Waals surface area contributed by atoms with Crippen molar-refractivity contribution in [1.29, 1.82) is 0 Å². The molecule has 5 heteroatoms. The van der Waals surface area contributed by atoms with Crippen molar-refractivity contribution in [2.24, 2.45) is 0 Å². The van der Waals surface area contributed by atoms with Gasteiger partial charge in [-0.1, -0.05) is 70.0 Å². The molecule has 1 N–H and O–H groups in total. The first-order valence-corrected chi connectivity index (χ1v) is 8.82. The maximum absolute atomic E-state index is 12.0. The van der Waals surface area contributed by atoms with E-state index in [2.05, 4.69) is 21.2 Å². The van der Waals surface area contributed by atoms with Gasteiger partial charge in [0.15, 0.2) is 6.61 Å². The van der Waals surface area contributed by atoms with E-state index >= 15 is 0 Å². The lowest BCUT2D eigenvalue weighted by Gasteiger charge is -2.09. The molecule has 0 atom stereocenters. The Labute approximate surface area is 159 Å². The maximum Gasteiger partial charge on any atom is 0.262 e. The van der Waals surface area contributed by atoms with E-state index in [9.17, 15) is 4.79 Å². The van der Waals surface area contributed by atoms with Gasteiger partial charge in [-0.2, -0.15) is 0 Å². The van der Waals surface area contributed by atoms with Crippen molar-refractivity contribution in [3.8, 4) is 16.9 Å². The van der Waals surface area contributed by atoms with Crippen LogP contribution in [0.2, 0.25) is 5.02 Å². The van der Waals surface area contributed by atoms with Crippen LogP contribution in [-0.2, 0) is 4.79 Å². The molecule has 126 valence electrons. The lowest BCUT2D eigenvalue weighted by atomic mass is 10.1. The molecule has 0 spiro atoms. The highest BCUT2D eigenvalue weighted by Gasteiger charge is 2.07. The molecule has 3 nitrogen and oxygen atoms in total. The van der Waals surface area contributed by atoms with Crippen LogP contribution in [0.1, 0.15) is 0 Å². The SMILES string of the molecule is O=C(COc1ccc(-c2ccccc2)cc1)Nc1ccc(Br)cc1Cl. The van der Waals surface area contributed by atoms with Crippen molar-refractivity contribution in [3.63, 3.8) is 0 Å². The minimum atomic E-state index is -0.267. The van der Waals surface area contributed by atoms with Crippen LogP contribution in [-0.4, -0.2) is 12.5 Å². The minimum Gasteiger partial charge on any atom is -0.484 e. The van der Waals surface area contributed by atoms with E-state index < -0.39 is 0 Å². The van der Waals surface area contributed by atoms with Gasteiger partial charge in [0, 0.05) is 4.47 Å². The van der Waals surface area contributed by atoms with Crippen LogP contribution in [0.25, 0.3) is 11.1 Å². The fraction of sp³-hybridized carbons (Fsp3) is 0.0500. The van der Waals surface area contributed by atoms with Gasteiger partial charge in [-0.3, -0.25) is 4.79 Å². The van der Waals surface area contributed by atoms with E-state index in [0.29, 0.717) is 16.5 Å². The number of hydrogen-bond acceptors (Lipinski definition) is 2. The van der Waals surface area contributed by atoms with Gasteiger partial charge in [0.2, 0.25) is 0 Å². The van der Waals surface area contributed by atoms with Gasteiger partial charge in [0.25, 0.3) is 5.91 Å². The van der Waals surface area contributed by atoms with Gasteiger partial charge < -0.3 is 10.1 Å². The summed E-state index contributed by atoms with van der Waals surface area (Å²) in [7, 11) is 0. The van der Waals surface area contributed by atoms with Crippen molar-refractivity contribution in [2.75, 3.05) is 11.9 Å².